The number of unbranched alkanes of at least 4 members (excludes halogenated alkanes) is 28. The van der Waals surface area contributed by atoms with Crippen LogP contribution in [0.25, 0.3) is 0 Å². The van der Waals surface area contributed by atoms with E-state index in [0.717, 1.165) is 44.9 Å². The molecular formula is C44H86NO9P. The number of carbonyl (C=O) groups excluding carboxylic acids is 1. The van der Waals surface area contributed by atoms with E-state index < -0.39 is 45.1 Å². The lowest BCUT2D eigenvalue weighted by molar-refractivity contribution is -0.154. The largest absolute Gasteiger partial charge is 0.480 e. The van der Waals surface area contributed by atoms with E-state index in [0.29, 0.717) is 6.61 Å². The smallest absolute Gasteiger partial charge is 0.472 e. The van der Waals surface area contributed by atoms with Crippen molar-refractivity contribution in [3.63, 3.8) is 0 Å². The first kappa shape index (κ1) is 53.7. The van der Waals surface area contributed by atoms with E-state index in [-0.39, 0.29) is 13.0 Å². The van der Waals surface area contributed by atoms with E-state index in [2.05, 4.69) is 26.0 Å². The van der Waals surface area contributed by atoms with Gasteiger partial charge in [0, 0.05) is 13.0 Å². The van der Waals surface area contributed by atoms with Crippen molar-refractivity contribution in [3.8, 4) is 0 Å². The number of aliphatic carboxylic acids is 1. The Morgan fingerprint density at radius 3 is 1.38 bits per heavy atom. The molecule has 0 radical (unpaired) electrons. The number of nitrogens with two attached hydrogens (primary N) is 1. The lowest BCUT2D eigenvalue weighted by Crippen LogP contribution is -2.34. The molecule has 0 saturated carbocycles. The SMILES string of the molecule is CCCCCCCCC/C=C\CCCCCCCCOCC(COP(=O)(O)OCC(N)C(=O)O)OC(=O)CCCCCCCCCCCCCCCCCC. The fraction of sp³-hybridized carbons (Fsp3) is 0.909. The summed E-state index contributed by atoms with van der Waals surface area (Å²) < 4.78 is 33.4. The number of rotatable bonds is 44. The molecule has 10 nitrogen and oxygen atoms in total. The van der Waals surface area contributed by atoms with E-state index in [9.17, 15) is 19.0 Å². The van der Waals surface area contributed by atoms with Gasteiger partial charge in [-0.05, 0) is 38.5 Å². The number of allylic oxidation sites excluding steroid dienone is 2. The topological polar surface area (TPSA) is 155 Å². The van der Waals surface area contributed by atoms with Gasteiger partial charge in [0.05, 0.1) is 19.8 Å². The molecule has 0 saturated heterocycles. The van der Waals surface area contributed by atoms with Crippen molar-refractivity contribution < 1.29 is 42.7 Å². The first-order valence-electron chi connectivity index (χ1n) is 22.7. The molecule has 0 heterocycles. The number of esters is 1. The summed E-state index contributed by atoms with van der Waals surface area (Å²) in [6, 6.07) is -1.47. The summed E-state index contributed by atoms with van der Waals surface area (Å²) in [6.45, 7) is 3.90. The zero-order valence-corrected chi connectivity index (χ0v) is 36.4. The third kappa shape index (κ3) is 40.7. The summed E-state index contributed by atoms with van der Waals surface area (Å²) in [6.07, 6.45) is 42.6. The Labute approximate surface area is 337 Å². The Balaban J connectivity index is 4.19. The minimum Gasteiger partial charge on any atom is -0.480 e. The fourth-order valence-corrected chi connectivity index (χ4v) is 7.26. The minimum atomic E-state index is -4.61. The molecule has 0 bridgehead atoms. The van der Waals surface area contributed by atoms with Crippen LogP contribution < -0.4 is 5.73 Å². The molecule has 55 heavy (non-hydrogen) atoms. The van der Waals surface area contributed by atoms with Crippen LogP contribution in [0.3, 0.4) is 0 Å². The van der Waals surface area contributed by atoms with Gasteiger partial charge in [-0.15, -0.1) is 0 Å². The summed E-state index contributed by atoms with van der Waals surface area (Å²) in [7, 11) is -4.61. The highest BCUT2D eigenvalue weighted by atomic mass is 31.2. The molecule has 11 heteroatoms. The molecule has 0 amide bonds. The number of phosphoric acid groups is 1. The maximum Gasteiger partial charge on any atom is 0.472 e. The highest BCUT2D eigenvalue weighted by molar-refractivity contribution is 7.47. The van der Waals surface area contributed by atoms with Crippen LogP contribution in [-0.2, 0) is 32.7 Å². The lowest BCUT2D eigenvalue weighted by atomic mass is 10.0. The Morgan fingerprint density at radius 2 is 0.945 bits per heavy atom. The van der Waals surface area contributed by atoms with Gasteiger partial charge in [0.2, 0.25) is 0 Å². The van der Waals surface area contributed by atoms with Gasteiger partial charge in [-0.25, -0.2) is 4.57 Å². The molecule has 3 atom stereocenters. The zero-order valence-electron chi connectivity index (χ0n) is 35.5. The maximum atomic E-state index is 12.6. The number of hydrogen-bond donors (Lipinski definition) is 3. The van der Waals surface area contributed by atoms with Gasteiger partial charge in [0.25, 0.3) is 0 Å². The molecule has 326 valence electrons. The third-order valence-electron chi connectivity index (χ3n) is 10.0. The van der Waals surface area contributed by atoms with Crippen LogP contribution in [0, 0.1) is 0 Å². The predicted molar refractivity (Wildman–Crippen MR) is 226 cm³/mol. The Hall–Kier alpha value is -1.29. The number of ether oxygens (including phenoxy) is 2. The van der Waals surface area contributed by atoms with E-state index in [4.69, 9.17) is 29.4 Å². The molecule has 0 aromatic heterocycles. The van der Waals surface area contributed by atoms with Crippen LogP contribution in [-0.4, -0.2) is 60.5 Å². The molecule has 0 spiro atoms. The fourth-order valence-electron chi connectivity index (χ4n) is 6.48. The van der Waals surface area contributed by atoms with Crippen LogP contribution in [0.4, 0.5) is 0 Å². The quantitative estimate of drug-likeness (QED) is 0.0235. The summed E-state index contributed by atoms with van der Waals surface area (Å²) in [5.41, 5.74) is 5.36. The molecule has 0 aliphatic rings. The molecular weight excluding hydrogens is 717 g/mol. The summed E-state index contributed by atoms with van der Waals surface area (Å²) >= 11 is 0. The van der Waals surface area contributed by atoms with Crippen LogP contribution in [0.15, 0.2) is 12.2 Å². The standard InChI is InChI=1S/C44H86NO9P/c1-3-5-7-9-11-13-15-17-19-21-23-25-27-29-31-33-35-37-51-38-41(39-52-55(49,50)53-40-42(45)44(47)48)54-43(46)36-34-32-30-28-26-24-22-20-18-16-14-12-10-8-6-4-2/h19,21,41-42H,3-18,20,22-40,45H2,1-2H3,(H,47,48)(H,49,50)/b21-19-. The molecule has 4 N–H and O–H groups in total. The predicted octanol–water partition coefficient (Wildman–Crippen LogP) is 12.5. The van der Waals surface area contributed by atoms with Crippen molar-refractivity contribution in [1.82, 2.24) is 0 Å². The van der Waals surface area contributed by atoms with Crippen molar-refractivity contribution in [1.29, 1.82) is 0 Å². The number of hydrogen-bond acceptors (Lipinski definition) is 8. The third-order valence-corrected chi connectivity index (χ3v) is 11.0. The molecule has 0 aromatic carbocycles. The normalized spacial score (nSPS) is 14.0. The Bertz CT molecular complexity index is 935. The van der Waals surface area contributed by atoms with E-state index in [1.807, 2.05) is 0 Å². The monoisotopic (exact) mass is 804 g/mol. The van der Waals surface area contributed by atoms with Gasteiger partial charge in [-0.1, -0.05) is 187 Å². The van der Waals surface area contributed by atoms with E-state index in [1.54, 1.807) is 0 Å². The van der Waals surface area contributed by atoms with Gasteiger partial charge in [0.1, 0.15) is 12.1 Å². The first-order valence-corrected chi connectivity index (χ1v) is 24.2. The number of carboxylic acid groups (broad SMARTS) is 1. The summed E-state index contributed by atoms with van der Waals surface area (Å²) in [4.78, 5) is 33.5. The molecule has 0 aliphatic heterocycles. The van der Waals surface area contributed by atoms with E-state index in [1.165, 1.54) is 154 Å². The van der Waals surface area contributed by atoms with Crippen molar-refractivity contribution in [3.05, 3.63) is 12.2 Å². The second-order valence-electron chi connectivity index (χ2n) is 15.5. The van der Waals surface area contributed by atoms with Crippen molar-refractivity contribution in [2.24, 2.45) is 5.73 Å². The van der Waals surface area contributed by atoms with Gasteiger partial charge < -0.3 is 25.2 Å². The van der Waals surface area contributed by atoms with Crippen LogP contribution >= 0.6 is 7.82 Å². The average Bonchev–Trinajstić information content (AvgIpc) is 3.16. The van der Waals surface area contributed by atoms with Gasteiger partial charge in [0.15, 0.2) is 0 Å². The lowest BCUT2D eigenvalue weighted by Gasteiger charge is -2.20. The van der Waals surface area contributed by atoms with Crippen LogP contribution in [0.2, 0.25) is 0 Å². The molecule has 0 aromatic rings. The minimum absolute atomic E-state index is 0.0184. The Morgan fingerprint density at radius 1 is 0.564 bits per heavy atom. The molecule has 0 fully saturated rings. The zero-order chi connectivity index (χ0) is 40.5. The van der Waals surface area contributed by atoms with Crippen molar-refractivity contribution in [2.75, 3.05) is 26.4 Å². The molecule has 0 aliphatic carbocycles. The number of carboxylic acids is 1. The number of carbonyl (C=O) groups is 2. The average molecular weight is 804 g/mol. The van der Waals surface area contributed by atoms with Gasteiger partial charge in [-0.3, -0.25) is 18.6 Å². The van der Waals surface area contributed by atoms with Gasteiger partial charge in [-0.2, -0.15) is 0 Å². The van der Waals surface area contributed by atoms with Crippen LogP contribution in [0.1, 0.15) is 219 Å². The highest BCUT2D eigenvalue weighted by Crippen LogP contribution is 2.43. The number of phosphoric ester groups is 1. The Kier molecular flexibility index (Phi) is 39.9. The second kappa shape index (κ2) is 40.9. The summed E-state index contributed by atoms with van der Waals surface area (Å²) in [5.74, 6) is -1.77. The molecule has 0 rings (SSSR count). The first-order chi connectivity index (χ1) is 26.7. The second-order valence-corrected chi connectivity index (χ2v) is 17.0. The summed E-state index contributed by atoms with van der Waals surface area (Å²) in [5, 5.41) is 8.90. The maximum absolute atomic E-state index is 12.6. The highest BCUT2D eigenvalue weighted by Gasteiger charge is 2.27. The van der Waals surface area contributed by atoms with Crippen LogP contribution in [0.5, 0.6) is 0 Å². The molecule has 3 unspecified atom stereocenters. The van der Waals surface area contributed by atoms with Crippen molar-refractivity contribution in [2.45, 2.75) is 231 Å². The van der Waals surface area contributed by atoms with E-state index >= 15 is 0 Å². The van der Waals surface area contributed by atoms with Crippen molar-refractivity contribution >= 4 is 19.8 Å². The van der Waals surface area contributed by atoms with Gasteiger partial charge >= 0.3 is 19.8 Å².